The molecule has 13 heteroatoms. The van der Waals surface area contributed by atoms with E-state index in [1.807, 2.05) is 6.26 Å². The van der Waals surface area contributed by atoms with Gasteiger partial charge in [-0.15, -0.1) is 0 Å². The molecule has 2 aromatic rings. The number of hydrogen-bond donors (Lipinski definition) is 2. The first-order valence-corrected chi connectivity index (χ1v) is 12.9. The minimum Gasteiger partial charge on any atom is -0.389 e. The molecule has 1 aromatic carbocycles. The number of carbonyl (C=O) groups excluding carboxylic acids is 1. The Morgan fingerprint density at radius 1 is 1.42 bits per heavy atom. The number of thioether (sulfide) groups is 1. The molecule has 1 aliphatic rings. The summed E-state index contributed by atoms with van der Waals surface area (Å²) in [6.45, 7) is 1.20. The maximum atomic E-state index is 13.2. The predicted octanol–water partition coefficient (Wildman–Crippen LogP) is 2.07. The summed E-state index contributed by atoms with van der Waals surface area (Å²) in [7, 11) is -3.67. The number of anilines is 1. The lowest BCUT2D eigenvalue weighted by atomic mass is 10.1. The molecule has 1 atom stereocenters. The SMILES string of the molecule is CSCCNS(=O)(=O)c1ccc(C(=NO[C@@H]2CCOC2)C(=O)Nc2ncc(F)s2)cc1. The fraction of sp³-hybridized carbons (Fsp3) is 0.389. The van der Waals surface area contributed by atoms with Gasteiger partial charge >= 0.3 is 0 Å². The van der Waals surface area contributed by atoms with Crippen molar-refractivity contribution in [3.05, 3.63) is 41.2 Å². The average molecular weight is 489 g/mol. The molecule has 1 fully saturated rings. The number of ether oxygens (including phenoxy) is 1. The fourth-order valence-corrected chi connectivity index (χ4v) is 4.58. The molecular weight excluding hydrogens is 467 g/mol. The molecule has 0 bridgehead atoms. The number of halogens is 1. The van der Waals surface area contributed by atoms with E-state index in [0.29, 0.717) is 48.8 Å². The molecule has 0 radical (unpaired) electrons. The van der Waals surface area contributed by atoms with E-state index in [-0.39, 0.29) is 21.8 Å². The standard InChI is InChI=1S/C18H21FN4O5S3/c1-29-9-7-21-31(25,26)14-4-2-12(3-5-14)16(23-28-13-6-8-27-11-13)17(24)22-18-20-10-15(19)30-18/h2-5,10,13,21H,6-9,11H2,1H3,(H,20,22,24)/t13-/m1/s1. The third-order valence-corrected chi connectivity index (χ3v) is 6.92. The number of thiazole rings is 1. The highest BCUT2D eigenvalue weighted by atomic mass is 32.2. The van der Waals surface area contributed by atoms with Crippen molar-refractivity contribution >= 4 is 49.9 Å². The third kappa shape index (κ3) is 6.71. The fourth-order valence-electron chi connectivity index (χ4n) is 2.57. The number of amides is 1. The van der Waals surface area contributed by atoms with E-state index in [0.717, 1.165) is 6.20 Å². The molecule has 1 saturated heterocycles. The van der Waals surface area contributed by atoms with Crippen molar-refractivity contribution < 1.29 is 27.2 Å². The molecule has 31 heavy (non-hydrogen) atoms. The van der Waals surface area contributed by atoms with Gasteiger partial charge in [-0.25, -0.2) is 18.1 Å². The zero-order valence-corrected chi connectivity index (χ0v) is 19.0. The summed E-state index contributed by atoms with van der Waals surface area (Å²) < 4.78 is 45.6. The number of rotatable bonds is 10. The number of hydrogen-bond acceptors (Lipinski definition) is 9. The summed E-state index contributed by atoms with van der Waals surface area (Å²) in [6.07, 6.45) is 3.22. The Bertz CT molecular complexity index is 1020. The van der Waals surface area contributed by atoms with Crippen molar-refractivity contribution in [3.63, 3.8) is 0 Å². The van der Waals surface area contributed by atoms with Crippen molar-refractivity contribution in [2.45, 2.75) is 17.4 Å². The second-order valence-corrected chi connectivity index (χ2v) is 10.1. The van der Waals surface area contributed by atoms with Gasteiger partial charge in [-0.3, -0.25) is 10.1 Å². The van der Waals surface area contributed by atoms with Crippen LogP contribution in [0.3, 0.4) is 0 Å². The molecule has 2 N–H and O–H groups in total. The lowest BCUT2D eigenvalue weighted by molar-refractivity contribution is -0.110. The number of nitrogens with one attached hydrogen (secondary N) is 2. The third-order valence-electron chi connectivity index (χ3n) is 4.13. The van der Waals surface area contributed by atoms with Gasteiger partial charge in [0.15, 0.2) is 22.1 Å². The molecule has 1 aliphatic heterocycles. The zero-order valence-electron chi connectivity index (χ0n) is 16.5. The summed E-state index contributed by atoms with van der Waals surface area (Å²) in [4.78, 5) is 22.0. The molecule has 0 saturated carbocycles. The van der Waals surface area contributed by atoms with Crippen LogP contribution < -0.4 is 10.0 Å². The molecule has 9 nitrogen and oxygen atoms in total. The molecule has 2 heterocycles. The number of sulfonamides is 1. The highest BCUT2D eigenvalue weighted by Crippen LogP contribution is 2.18. The van der Waals surface area contributed by atoms with Crippen molar-refractivity contribution in [1.29, 1.82) is 0 Å². The normalized spacial score (nSPS) is 17.0. The van der Waals surface area contributed by atoms with Gasteiger partial charge in [0.05, 0.1) is 24.3 Å². The summed E-state index contributed by atoms with van der Waals surface area (Å²) >= 11 is 2.20. The second kappa shape index (κ2) is 11.0. The predicted molar refractivity (Wildman–Crippen MR) is 118 cm³/mol. The Morgan fingerprint density at radius 3 is 2.81 bits per heavy atom. The van der Waals surface area contributed by atoms with Crippen LogP contribution in [0, 0.1) is 5.13 Å². The maximum absolute atomic E-state index is 13.2. The van der Waals surface area contributed by atoms with E-state index >= 15 is 0 Å². The Labute approximate surface area is 187 Å². The molecule has 0 aliphatic carbocycles. The van der Waals surface area contributed by atoms with Crippen molar-refractivity contribution in [2.24, 2.45) is 5.16 Å². The Balaban J connectivity index is 1.80. The molecule has 0 unspecified atom stereocenters. The van der Waals surface area contributed by atoms with E-state index in [9.17, 15) is 17.6 Å². The number of benzene rings is 1. The smallest absolute Gasteiger partial charge is 0.280 e. The van der Waals surface area contributed by atoms with E-state index in [4.69, 9.17) is 9.57 Å². The average Bonchev–Trinajstić information content (AvgIpc) is 3.40. The van der Waals surface area contributed by atoms with E-state index in [1.165, 1.54) is 36.0 Å². The summed E-state index contributed by atoms with van der Waals surface area (Å²) in [5.74, 6) is -0.0182. The highest BCUT2D eigenvalue weighted by molar-refractivity contribution is 7.98. The summed E-state index contributed by atoms with van der Waals surface area (Å²) in [5, 5.41) is 5.96. The molecule has 3 rings (SSSR count). The number of nitrogens with zero attached hydrogens (tertiary/aromatic N) is 2. The zero-order chi connectivity index (χ0) is 22.3. The summed E-state index contributed by atoms with van der Waals surface area (Å²) in [6, 6.07) is 5.67. The van der Waals surface area contributed by atoms with Crippen LogP contribution in [0.15, 0.2) is 40.5 Å². The lowest BCUT2D eigenvalue weighted by Crippen LogP contribution is -2.27. The number of oxime groups is 1. The Hall–Kier alpha value is -2.06. The lowest BCUT2D eigenvalue weighted by Gasteiger charge is -2.11. The van der Waals surface area contributed by atoms with Crippen LogP contribution in [-0.2, 0) is 24.4 Å². The van der Waals surface area contributed by atoms with Gasteiger partial charge in [0.1, 0.15) is 0 Å². The Kier molecular flexibility index (Phi) is 8.37. The van der Waals surface area contributed by atoms with E-state index in [2.05, 4.69) is 20.2 Å². The maximum Gasteiger partial charge on any atom is 0.280 e. The molecule has 1 amide bonds. The van der Waals surface area contributed by atoms with Crippen LogP contribution in [0.1, 0.15) is 12.0 Å². The van der Waals surface area contributed by atoms with Gasteiger partial charge in [0.25, 0.3) is 5.91 Å². The quantitative estimate of drug-likeness (QED) is 0.299. The minimum atomic E-state index is -3.67. The van der Waals surface area contributed by atoms with Crippen molar-refractivity contribution in [3.8, 4) is 0 Å². The van der Waals surface area contributed by atoms with Gasteiger partial charge in [-0.2, -0.15) is 16.2 Å². The van der Waals surface area contributed by atoms with Crippen molar-refractivity contribution in [2.75, 3.05) is 37.1 Å². The van der Waals surface area contributed by atoms with Crippen LogP contribution in [0.4, 0.5) is 9.52 Å². The minimum absolute atomic E-state index is 0.0595. The van der Waals surface area contributed by atoms with Crippen LogP contribution in [-0.4, -0.2) is 62.9 Å². The van der Waals surface area contributed by atoms with Crippen LogP contribution in [0.2, 0.25) is 0 Å². The Morgan fingerprint density at radius 2 is 2.19 bits per heavy atom. The van der Waals surface area contributed by atoms with Crippen LogP contribution >= 0.6 is 23.1 Å². The molecule has 0 spiro atoms. The number of aromatic nitrogens is 1. The van der Waals surface area contributed by atoms with E-state index < -0.39 is 21.1 Å². The molecule has 168 valence electrons. The van der Waals surface area contributed by atoms with Crippen LogP contribution in [0.5, 0.6) is 0 Å². The van der Waals surface area contributed by atoms with Gasteiger partial charge < -0.3 is 9.57 Å². The van der Waals surface area contributed by atoms with Gasteiger partial charge in [0, 0.05) is 24.3 Å². The van der Waals surface area contributed by atoms with Gasteiger partial charge in [-0.05, 0) is 18.4 Å². The monoisotopic (exact) mass is 488 g/mol. The topological polar surface area (TPSA) is 119 Å². The molecular formula is C18H21FN4O5S3. The first-order chi connectivity index (χ1) is 14.9. The van der Waals surface area contributed by atoms with Gasteiger partial charge in [-0.1, -0.05) is 28.6 Å². The van der Waals surface area contributed by atoms with E-state index in [1.54, 1.807) is 0 Å². The first kappa shape index (κ1) is 23.6. The van der Waals surface area contributed by atoms with Crippen molar-refractivity contribution in [1.82, 2.24) is 9.71 Å². The number of carbonyl (C=O) groups is 1. The summed E-state index contributed by atoms with van der Waals surface area (Å²) in [5.41, 5.74) is 0.235. The second-order valence-electron chi connectivity index (χ2n) is 6.37. The first-order valence-electron chi connectivity index (χ1n) is 9.22. The molecule has 1 aromatic heterocycles. The van der Waals surface area contributed by atoms with Crippen LogP contribution in [0.25, 0.3) is 0 Å². The van der Waals surface area contributed by atoms with Gasteiger partial charge in [0.2, 0.25) is 10.0 Å². The highest BCUT2D eigenvalue weighted by Gasteiger charge is 2.22. The largest absolute Gasteiger partial charge is 0.389 e.